The molecule has 0 atom stereocenters. The Morgan fingerprint density at radius 3 is 2.19 bits per heavy atom. The molecule has 1 amide bonds. The predicted octanol–water partition coefficient (Wildman–Crippen LogP) is 2.84. The van der Waals surface area contributed by atoms with Crippen molar-refractivity contribution in [3.05, 3.63) is 66.2 Å². The molecule has 3 rings (SSSR count). The van der Waals surface area contributed by atoms with E-state index in [0.29, 0.717) is 31.0 Å². The molecule has 5 nitrogen and oxygen atoms in total. The summed E-state index contributed by atoms with van der Waals surface area (Å²) in [7, 11) is -3.43. The highest BCUT2D eigenvalue weighted by Crippen LogP contribution is 2.25. The van der Waals surface area contributed by atoms with Gasteiger partial charge < -0.3 is 5.32 Å². The molecule has 2 aromatic rings. The summed E-state index contributed by atoms with van der Waals surface area (Å²) in [6.45, 7) is 1.57. The van der Waals surface area contributed by atoms with Gasteiger partial charge in [0.15, 0.2) is 0 Å². The number of sulfonamides is 1. The molecule has 144 valence electrons. The van der Waals surface area contributed by atoms with Crippen LogP contribution in [0.4, 0.5) is 0 Å². The number of nitrogens with one attached hydrogen (secondary N) is 1. The zero-order valence-corrected chi connectivity index (χ0v) is 16.2. The molecule has 27 heavy (non-hydrogen) atoms. The summed E-state index contributed by atoms with van der Waals surface area (Å²) in [5, 5.41) is 2.97. The average molecular weight is 387 g/mol. The Bertz CT molecular complexity index is 830. The van der Waals surface area contributed by atoms with E-state index < -0.39 is 10.0 Å². The van der Waals surface area contributed by atoms with E-state index in [4.69, 9.17) is 0 Å². The van der Waals surface area contributed by atoms with Crippen molar-refractivity contribution < 1.29 is 13.2 Å². The fourth-order valence-corrected chi connectivity index (χ4v) is 4.91. The Morgan fingerprint density at radius 1 is 0.963 bits per heavy atom. The standard InChI is InChI=1S/C21H26N2O3S/c24-21(22-14-11-18-7-3-1-4-8-18)17-19-12-15-23(16-13-19)27(25,26)20-9-5-2-6-10-20/h1-10,19H,11-17H2,(H,22,24). The second-order valence-electron chi connectivity index (χ2n) is 6.95. The number of carbonyl (C=O) groups excluding carboxylic acids is 1. The topological polar surface area (TPSA) is 66.5 Å². The van der Waals surface area contributed by atoms with Crippen molar-refractivity contribution >= 4 is 15.9 Å². The Morgan fingerprint density at radius 2 is 1.56 bits per heavy atom. The molecular formula is C21H26N2O3S. The first-order valence-corrected chi connectivity index (χ1v) is 10.9. The van der Waals surface area contributed by atoms with Gasteiger partial charge in [0, 0.05) is 26.1 Å². The normalized spacial score (nSPS) is 16.1. The maximum Gasteiger partial charge on any atom is 0.243 e. The molecule has 0 spiro atoms. The van der Waals surface area contributed by atoms with Gasteiger partial charge in [0.1, 0.15) is 0 Å². The molecule has 0 unspecified atom stereocenters. The molecule has 0 aliphatic carbocycles. The largest absolute Gasteiger partial charge is 0.356 e. The summed E-state index contributed by atoms with van der Waals surface area (Å²) >= 11 is 0. The molecule has 0 bridgehead atoms. The smallest absolute Gasteiger partial charge is 0.243 e. The molecule has 1 saturated heterocycles. The van der Waals surface area contributed by atoms with E-state index in [2.05, 4.69) is 17.4 Å². The van der Waals surface area contributed by atoms with Crippen molar-refractivity contribution in [3.63, 3.8) is 0 Å². The third kappa shape index (κ3) is 5.40. The molecule has 1 heterocycles. The minimum Gasteiger partial charge on any atom is -0.356 e. The van der Waals surface area contributed by atoms with E-state index in [-0.39, 0.29) is 11.8 Å². The first-order chi connectivity index (χ1) is 13.1. The Labute approximate surface area is 161 Å². The summed E-state index contributed by atoms with van der Waals surface area (Å²) in [6.07, 6.45) is 2.73. The van der Waals surface area contributed by atoms with E-state index in [9.17, 15) is 13.2 Å². The Hall–Kier alpha value is -2.18. The zero-order chi connectivity index (χ0) is 19.1. The second kappa shape index (κ2) is 9.15. The van der Waals surface area contributed by atoms with Crippen LogP contribution in [0.25, 0.3) is 0 Å². The van der Waals surface area contributed by atoms with Crippen molar-refractivity contribution in [3.8, 4) is 0 Å². The Kier molecular flexibility index (Phi) is 6.63. The second-order valence-corrected chi connectivity index (χ2v) is 8.89. The van der Waals surface area contributed by atoms with Gasteiger partial charge in [-0.3, -0.25) is 4.79 Å². The minimum absolute atomic E-state index is 0.0512. The van der Waals surface area contributed by atoms with Crippen molar-refractivity contribution in [2.24, 2.45) is 5.92 Å². The van der Waals surface area contributed by atoms with Gasteiger partial charge in [0.05, 0.1) is 4.90 Å². The van der Waals surface area contributed by atoms with Crippen molar-refractivity contribution in [1.82, 2.24) is 9.62 Å². The number of piperidine rings is 1. The van der Waals surface area contributed by atoms with E-state index in [0.717, 1.165) is 19.3 Å². The van der Waals surface area contributed by atoms with Crippen LogP contribution in [0.5, 0.6) is 0 Å². The molecule has 1 aliphatic heterocycles. The van der Waals surface area contributed by atoms with Crippen molar-refractivity contribution in [1.29, 1.82) is 0 Å². The lowest BCUT2D eigenvalue weighted by Gasteiger charge is -2.31. The van der Waals surface area contributed by atoms with Gasteiger partial charge in [-0.05, 0) is 42.9 Å². The fourth-order valence-electron chi connectivity index (χ4n) is 3.42. The highest BCUT2D eigenvalue weighted by Gasteiger charge is 2.29. The summed E-state index contributed by atoms with van der Waals surface area (Å²) in [5.41, 5.74) is 1.21. The van der Waals surface area contributed by atoms with Crippen LogP contribution < -0.4 is 5.32 Å². The van der Waals surface area contributed by atoms with Crippen LogP contribution in [-0.4, -0.2) is 38.3 Å². The summed E-state index contributed by atoms with van der Waals surface area (Å²) in [4.78, 5) is 12.5. The van der Waals surface area contributed by atoms with E-state index in [1.807, 2.05) is 24.3 Å². The third-order valence-electron chi connectivity index (χ3n) is 5.01. The zero-order valence-electron chi connectivity index (χ0n) is 15.4. The summed E-state index contributed by atoms with van der Waals surface area (Å²) < 4.78 is 26.8. The quantitative estimate of drug-likeness (QED) is 0.796. The van der Waals surface area contributed by atoms with Crippen LogP contribution >= 0.6 is 0 Å². The van der Waals surface area contributed by atoms with Gasteiger partial charge in [-0.1, -0.05) is 48.5 Å². The number of rotatable bonds is 7. The van der Waals surface area contributed by atoms with Crippen LogP contribution in [0.3, 0.4) is 0 Å². The molecule has 0 aromatic heterocycles. The van der Waals surface area contributed by atoms with Crippen LogP contribution in [-0.2, 0) is 21.2 Å². The lowest BCUT2D eigenvalue weighted by Crippen LogP contribution is -2.39. The first-order valence-electron chi connectivity index (χ1n) is 9.41. The number of amides is 1. The number of carbonyl (C=O) groups is 1. The Balaban J connectivity index is 1.42. The first kappa shape index (κ1) is 19.6. The lowest BCUT2D eigenvalue weighted by molar-refractivity contribution is -0.122. The third-order valence-corrected chi connectivity index (χ3v) is 6.92. The summed E-state index contributed by atoms with van der Waals surface area (Å²) in [5.74, 6) is 0.291. The lowest BCUT2D eigenvalue weighted by atomic mass is 9.94. The molecule has 2 aromatic carbocycles. The molecule has 1 aliphatic rings. The van der Waals surface area contributed by atoms with Gasteiger partial charge in [0.2, 0.25) is 15.9 Å². The van der Waals surface area contributed by atoms with Gasteiger partial charge in [-0.25, -0.2) is 8.42 Å². The van der Waals surface area contributed by atoms with E-state index >= 15 is 0 Å². The van der Waals surface area contributed by atoms with Crippen molar-refractivity contribution in [2.75, 3.05) is 19.6 Å². The van der Waals surface area contributed by atoms with Gasteiger partial charge >= 0.3 is 0 Å². The number of hydrogen-bond acceptors (Lipinski definition) is 3. The van der Waals surface area contributed by atoms with Gasteiger partial charge in [0.25, 0.3) is 0 Å². The van der Waals surface area contributed by atoms with Crippen LogP contribution in [0.1, 0.15) is 24.8 Å². The van der Waals surface area contributed by atoms with Crippen LogP contribution in [0, 0.1) is 5.92 Å². The minimum atomic E-state index is -3.43. The number of nitrogens with zero attached hydrogens (tertiary/aromatic N) is 1. The number of benzene rings is 2. The van der Waals surface area contributed by atoms with Gasteiger partial charge in [-0.2, -0.15) is 4.31 Å². The molecule has 6 heteroatoms. The van der Waals surface area contributed by atoms with Crippen LogP contribution in [0.15, 0.2) is 65.6 Å². The van der Waals surface area contributed by atoms with Gasteiger partial charge in [-0.15, -0.1) is 0 Å². The maximum absolute atomic E-state index is 12.6. The SMILES string of the molecule is O=C(CC1CCN(S(=O)(=O)c2ccccc2)CC1)NCCc1ccccc1. The highest BCUT2D eigenvalue weighted by molar-refractivity contribution is 7.89. The molecule has 0 radical (unpaired) electrons. The maximum atomic E-state index is 12.6. The van der Waals surface area contributed by atoms with E-state index in [1.165, 1.54) is 9.87 Å². The highest BCUT2D eigenvalue weighted by atomic mass is 32.2. The monoisotopic (exact) mass is 386 g/mol. The summed E-state index contributed by atoms with van der Waals surface area (Å²) in [6, 6.07) is 18.6. The van der Waals surface area contributed by atoms with Crippen molar-refractivity contribution in [2.45, 2.75) is 30.6 Å². The molecule has 1 fully saturated rings. The molecule has 0 saturated carbocycles. The molecular weight excluding hydrogens is 360 g/mol. The molecule has 1 N–H and O–H groups in total. The van der Waals surface area contributed by atoms with E-state index in [1.54, 1.807) is 24.3 Å². The number of hydrogen-bond donors (Lipinski definition) is 1. The van der Waals surface area contributed by atoms with Crippen LogP contribution in [0.2, 0.25) is 0 Å². The fraction of sp³-hybridized carbons (Fsp3) is 0.381. The predicted molar refractivity (Wildman–Crippen MR) is 106 cm³/mol. The average Bonchev–Trinajstić information content (AvgIpc) is 2.70.